The Labute approximate surface area is 92.9 Å². The largest absolute Gasteiger partial charge is 0.372 e. The summed E-state index contributed by atoms with van der Waals surface area (Å²) in [4.78, 5) is 0. The van der Waals surface area contributed by atoms with E-state index in [4.69, 9.17) is 33.7 Å². The standard InChI is InChI=1S/C10H11Cl2NO/c1-5-10(13)8-6(4-14-5)2-3-7(11)9(8)12/h2-3,5,10H,4,13H2,1H3/t5-,10?/m1/s1. The fourth-order valence-electron chi connectivity index (χ4n) is 1.65. The Morgan fingerprint density at radius 1 is 1.43 bits per heavy atom. The van der Waals surface area contributed by atoms with Crippen molar-refractivity contribution in [2.75, 3.05) is 0 Å². The van der Waals surface area contributed by atoms with Gasteiger partial charge in [-0.15, -0.1) is 0 Å². The van der Waals surface area contributed by atoms with E-state index >= 15 is 0 Å². The molecule has 14 heavy (non-hydrogen) atoms. The van der Waals surface area contributed by atoms with Crippen LogP contribution in [0, 0.1) is 0 Å². The van der Waals surface area contributed by atoms with Crippen LogP contribution in [0.1, 0.15) is 24.1 Å². The third-order valence-corrected chi connectivity index (χ3v) is 3.38. The Bertz CT molecular complexity index is 367. The SMILES string of the molecule is C[C@H]1OCc2ccc(Cl)c(Cl)c2C1N. The van der Waals surface area contributed by atoms with E-state index < -0.39 is 0 Å². The fraction of sp³-hybridized carbons (Fsp3) is 0.400. The number of fused-ring (bicyclic) bond motifs is 1. The topological polar surface area (TPSA) is 35.2 Å². The number of hydrogen-bond acceptors (Lipinski definition) is 2. The van der Waals surface area contributed by atoms with Crippen molar-refractivity contribution in [2.24, 2.45) is 5.73 Å². The molecule has 76 valence electrons. The minimum atomic E-state index is -0.190. The van der Waals surface area contributed by atoms with Crippen molar-refractivity contribution in [2.45, 2.75) is 25.7 Å². The van der Waals surface area contributed by atoms with E-state index in [-0.39, 0.29) is 12.1 Å². The molecule has 2 rings (SSSR count). The van der Waals surface area contributed by atoms with Crippen LogP contribution in [0.3, 0.4) is 0 Å². The Hall–Kier alpha value is -0.280. The highest BCUT2D eigenvalue weighted by Crippen LogP contribution is 2.37. The molecule has 0 amide bonds. The number of hydrogen-bond donors (Lipinski definition) is 1. The van der Waals surface area contributed by atoms with Gasteiger partial charge in [0.05, 0.1) is 28.8 Å². The monoisotopic (exact) mass is 231 g/mol. The van der Waals surface area contributed by atoms with Crippen molar-refractivity contribution >= 4 is 23.2 Å². The van der Waals surface area contributed by atoms with E-state index in [2.05, 4.69) is 0 Å². The van der Waals surface area contributed by atoms with Crippen LogP contribution in [-0.2, 0) is 11.3 Å². The molecule has 0 bridgehead atoms. The Morgan fingerprint density at radius 2 is 2.14 bits per heavy atom. The first-order chi connectivity index (χ1) is 6.61. The number of ether oxygens (including phenoxy) is 1. The van der Waals surface area contributed by atoms with Gasteiger partial charge in [-0.3, -0.25) is 0 Å². The van der Waals surface area contributed by atoms with Crippen LogP contribution in [-0.4, -0.2) is 6.10 Å². The maximum Gasteiger partial charge on any atom is 0.0744 e. The van der Waals surface area contributed by atoms with Crippen LogP contribution >= 0.6 is 23.2 Å². The lowest BCUT2D eigenvalue weighted by molar-refractivity contribution is 0.0214. The van der Waals surface area contributed by atoms with Gasteiger partial charge in [-0.25, -0.2) is 0 Å². The van der Waals surface area contributed by atoms with Gasteiger partial charge in [0.1, 0.15) is 0 Å². The predicted molar refractivity (Wildman–Crippen MR) is 57.6 cm³/mol. The summed E-state index contributed by atoms with van der Waals surface area (Å²) in [6.45, 7) is 2.49. The van der Waals surface area contributed by atoms with Crippen molar-refractivity contribution in [3.8, 4) is 0 Å². The zero-order valence-corrected chi connectivity index (χ0v) is 9.27. The van der Waals surface area contributed by atoms with Crippen LogP contribution in [0.25, 0.3) is 0 Å². The molecule has 1 heterocycles. The molecule has 2 nitrogen and oxygen atoms in total. The van der Waals surface area contributed by atoms with Gasteiger partial charge in [0.25, 0.3) is 0 Å². The molecule has 0 saturated carbocycles. The molecule has 0 radical (unpaired) electrons. The van der Waals surface area contributed by atoms with Crippen molar-refractivity contribution in [3.63, 3.8) is 0 Å². The van der Waals surface area contributed by atoms with Crippen molar-refractivity contribution in [1.29, 1.82) is 0 Å². The Kier molecular flexibility index (Phi) is 2.71. The van der Waals surface area contributed by atoms with Crippen molar-refractivity contribution in [3.05, 3.63) is 33.3 Å². The molecule has 1 aliphatic heterocycles. The smallest absolute Gasteiger partial charge is 0.0744 e. The molecule has 2 atom stereocenters. The second kappa shape index (κ2) is 3.70. The summed E-state index contributed by atoms with van der Waals surface area (Å²) in [5, 5.41) is 1.11. The van der Waals surface area contributed by atoms with E-state index in [9.17, 15) is 0 Å². The van der Waals surface area contributed by atoms with E-state index in [1.54, 1.807) is 6.07 Å². The number of benzene rings is 1. The second-order valence-electron chi connectivity index (χ2n) is 3.48. The predicted octanol–water partition coefficient (Wildman–Crippen LogP) is 2.91. The second-order valence-corrected chi connectivity index (χ2v) is 4.26. The number of nitrogens with two attached hydrogens (primary N) is 1. The number of rotatable bonds is 0. The van der Waals surface area contributed by atoms with Crippen molar-refractivity contribution in [1.82, 2.24) is 0 Å². The maximum absolute atomic E-state index is 6.10. The van der Waals surface area contributed by atoms with Gasteiger partial charge in [0.2, 0.25) is 0 Å². The van der Waals surface area contributed by atoms with Gasteiger partial charge in [0, 0.05) is 0 Å². The molecule has 2 N–H and O–H groups in total. The summed E-state index contributed by atoms with van der Waals surface area (Å²) in [5.41, 5.74) is 7.95. The molecule has 4 heteroatoms. The first-order valence-corrected chi connectivity index (χ1v) is 5.21. The van der Waals surface area contributed by atoms with Crippen LogP contribution in [0.4, 0.5) is 0 Å². The van der Waals surface area contributed by atoms with Gasteiger partial charge in [-0.05, 0) is 24.1 Å². The lowest BCUT2D eigenvalue weighted by Gasteiger charge is -2.29. The molecule has 0 spiro atoms. The molecule has 1 aromatic rings. The van der Waals surface area contributed by atoms with Gasteiger partial charge in [-0.2, -0.15) is 0 Å². The average molecular weight is 232 g/mol. The van der Waals surface area contributed by atoms with Crippen molar-refractivity contribution < 1.29 is 4.74 Å². The summed E-state index contributed by atoms with van der Waals surface area (Å²) < 4.78 is 5.48. The summed E-state index contributed by atoms with van der Waals surface area (Å²) in [7, 11) is 0. The van der Waals surface area contributed by atoms with Crippen LogP contribution in [0.2, 0.25) is 10.0 Å². The van der Waals surface area contributed by atoms with Gasteiger partial charge < -0.3 is 10.5 Å². The zero-order chi connectivity index (χ0) is 10.3. The summed E-state index contributed by atoms with van der Waals surface area (Å²) in [5.74, 6) is 0. The van der Waals surface area contributed by atoms with E-state index in [0.29, 0.717) is 16.7 Å². The minimum Gasteiger partial charge on any atom is -0.372 e. The molecule has 1 aliphatic rings. The van der Waals surface area contributed by atoms with E-state index in [1.165, 1.54) is 0 Å². The Balaban J connectivity index is 2.56. The lowest BCUT2D eigenvalue weighted by Crippen LogP contribution is -2.31. The van der Waals surface area contributed by atoms with Crippen LogP contribution in [0.15, 0.2) is 12.1 Å². The highest BCUT2D eigenvalue weighted by atomic mass is 35.5. The van der Waals surface area contributed by atoms with E-state index in [0.717, 1.165) is 11.1 Å². The lowest BCUT2D eigenvalue weighted by atomic mass is 9.95. The summed E-state index contributed by atoms with van der Waals surface area (Å²) >= 11 is 12.0. The molecule has 0 saturated heterocycles. The highest BCUT2D eigenvalue weighted by molar-refractivity contribution is 6.42. The maximum atomic E-state index is 6.10. The van der Waals surface area contributed by atoms with E-state index in [1.807, 2.05) is 13.0 Å². The molecule has 0 fully saturated rings. The normalized spacial score (nSPS) is 26.0. The molecular weight excluding hydrogens is 221 g/mol. The van der Waals surface area contributed by atoms with Gasteiger partial charge in [-0.1, -0.05) is 29.3 Å². The fourth-order valence-corrected chi connectivity index (χ4v) is 2.13. The average Bonchev–Trinajstić information content (AvgIpc) is 2.17. The van der Waals surface area contributed by atoms with Crippen LogP contribution in [0.5, 0.6) is 0 Å². The molecular formula is C10H11Cl2NO. The van der Waals surface area contributed by atoms with Crippen LogP contribution < -0.4 is 5.73 Å². The molecule has 1 unspecified atom stereocenters. The minimum absolute atomic E-state index is 0.0153. The zero-order valence-electron chi connectivity index (χ0n) is 7.76. The first kappa shape index (κ1) is 10.2. The third-order valence-electron chi connectivity index (χ3n) is 2.56. The van der Waals surface area contributed by atoms with Gasteiger partial charge in [0.15, 0.2) is 0 Å². The molecule has 1 aromatic carbocycles. The quantitative estimate of drug-likeness (QED) is 0.746. The van der Waals surface area contributed by atoms with Gasteiger partial charge >= 0.3 is 0 Å². The highest BCUT2D eigenvalue weighted by Gasteiger charge is 2.27. The molecule has 0 aliphatic carbocycles. The first-order valence-electron chi connectivity index (χ1n) is 4.45. The third kappa shape index (κ3) is 1.52. The summed E-state index contributed by atoms with van der Waals surface area (Å²) in [6.07, 6.45) is -0.0153. The Morgan fingerprint density at radius 3 is 2.86 bits per heavy atom. The molecule has 0 aromatic heterocycles. The number of halogens is 2. The summed E-state index contributed by atoms with van der Waals surface area (Å²) in [6, 6.07) is 3.49.